The highest BCUT2D eigenvalue weighted by Crippen LogP contribution is 2.30. The quantitative estimate of drug-likeness (QED) is 0.620. The molecule has 2 heterocycles. The average molecular weight is 237 g/mol. The van der Waals surface area contributed by atoms with Crippen LogP contribution in [0, 0.1) is 0 Å². The molecule has 0 radical (unpaired) electrons. The van der Waals surface area contributed by atoms with Crippen LogP contribution in [0.4, 0.5) is 5.69 Å². The standard InChI is InChI=1S/C13H7N3O2/c17-12-7-3-1-2-6-10(7)8(13(18)16-12)4-9-11(6)15-5-14-9/h1-5H,(H2,16,17,18). The Hall–Kier alpha value is -2.69. The van der Waals surface area contributed by atoms with Crippen molar-refractivity contribution in [3.63, 3.8) is 0 Å². The van der Waals surface area contributed by atoms with Crippen molar-refractivity contribution >= 4 is 33.6 Å². The SMILES string of the molecule is O=c1[nH]c(O)c2cc3c(c4cccc1c24)=NC=N3. The Morgan fingerprint density at radius 1 is 1.17 bits per heavy atom. The van der Waals surface area contributed by atoms with Gasteiger partial charge in [0.15, 0.2) is 5.88 Å². The lowest BCUT2D eigenvalue weighted by Gasteiger charge is -2.07. The van der Waals surface area contributed by atoms with Gasteiger partial charge in [0.25, 0.3) is 5.56 Å². The molecule has 4 rings (SSSR count). The van der Waals surface area contributed by atoms with E-state index in [1.54, 1.807) is 18.2 Å². The minimum Gasteiger partial charge on any atom is -0.494 e. The van der Waals surface area contributed by atoms with Crippen LogP contribution in [-0.2, 0) is 0 Å². The zero-order chi connectivity index (χ0) is 12.3. The van der Waals surface area contributed by atoms with Crippen LogP contribution in [0.3, 0.4) is 0 Å². The summed E-state index contributed by atoms with van der Waals surface area (Å²) < 4.78 is 0. The number of nitrogens with zero attached hydrogens (tertiary/aromatic N) is 2. The number of H-pyrrole nitrogens is 1. The average Bonchev–Trinajstić information content (AvgIpc) is 2.83. The molecule has 5 heteroatoms. The van der Waals surface area contributed by atoms with E-state index in [0.29, 0.717) is 16.5 Å². The molecular weight excluding hydrogens is 230 g/mol. The second-order valence-corrected chi connectivity index (χ2v) is 4.20. The first-order chi connectivity index (χ1) is 8.75. The number of rotatable bonds is 0. The van der Waals surface area contributed by atoms with Gasteiger partial charge in [0, 0.05) is 21.5 Å². The van der Waals surface area contributed by atoms with Crippen LogP contribution in [0.2, 0.25) is 0 Å². The van der Waals surface area contributed by atoms with Crippen molar-refractivity contribution in [3.8, 4) is 5.88 Å². The van der Waals surface area contributed by atoms with E-state index in [0.717, 1.165) is 16.1 Å². The molecule has 1 aliphatic rings. The predicted molar refractivity (Wildman–Crippen MR) is 68.6 cm³/mol. The number of aromatic nitrogens is 1. The number of aromatic amines is 1. The topological polar surface area (TPSA) is 77.8 Å². The molecule has 86 valence electrons. The molecule has 0 fully saturated rings. The number of aliphatic imine (C=N–C) groups is 1. The van der Waals surface area contributed by atoms with Gasteiger partial charge in [-0.1, -0.05) is 12.1 Å². The van der Waals surface area contributed by atoms with Gasteiger partial charge < -0.3 is 5.11 Å². The fraction of sp³-hybridized carbons (Fsp3) is 0. The van der Waals surface area contributed by atoms with Crippen molar-refractivity contribution in [2.75, 3.05) is 0 Å². The maximum absolute atomic E-state index is 11.8. The Morgan fingerprint density at radius 2 is 2.00 bits per heavy atom. The monoisotopic (exact) mass is 237 g/mol. The van der Waals surface area contributed by atoms with Crippen LogP contribution in [0.25, 0.3) is 21.5 Å². The van der Waals surface area contributed by atoms with Crippen LogP contribution in [0.5, 0.6) is 5.88 Å². The molecule has 0 saturated carbocycles. The fourth-order valence-corrected chi connectivity index (χ4v) is 2.46. The van der Waals surface area contributed by atoms with E-state index in [1.807, 2.05) is 6.07 Å². The van der Waals surface area contributed by atoms with Gasteiger partial charge in [-0.3, -0.25) is 9.78 Å². The minimum atomic E-state index is -0.301. The van der Waals surface area contributed by atoms with Crippen molar-refractivity contribution in [3.05, 3.63) is 40.0 Å². The van der Waals surface area contributed by atoms with Gasteiger partial charge in [-0.2, -0.15) is 0 Å². The molecule has 0 amide bonds. The van der Waals surface area contributed by atoms with Crippen molar-refractivity contribution in [1.29, 1.82) is 0 Å². The van der Waals surface area contributed by atoms with Crippen molar-refractivity contribution in [2.24, 2.45) is 9.98 Å². The summed E-state index contributed by atoms with van der Waals surface area (Å²) >= 11 is 0. The van der Waals surface area contributed by atoms with Gasteiger partial charge in [0.2, 0.25) is 0 Å². The Bertz CT molecular complexity index is 954. The van der Waals surface area contributed by atoms with Crippen LogP contribution < -0.4 is 10.9 Å². The van der Waals surface area contributed by atoms with Crippen molar-refractivity contribution < 1.29 is 5.11 Å². The molecule has 0 aliphatic carbocycles. The van der Waals surface area contributed by atoms with Crippen LogP contribution >= 0.6 is 0 Å². The lowest BCUT2D eigenvalue weighted by Crippen LogP contribution is -2.09. The molecular formula is C13H7N3O2. The molecule has 18 heavy (non-hydrogen) atoms. The van der Waals surface area contributed by atoms with Gasteiger partial charge >= 0.3 is 0 Å². The van der Waals surface area contributed by atoms with E-state index in [4.69, 9.17) is 0 Å². The Balaban J connectivity index is 2.48. The summed E-state index contributed by atoms with van der Waals surface area (Å²) in [5.74, 6) is -0.131. The van der Waals surface area contributed by atoms with Crippen LogP contribution in [-0.4, -0.2) is 16.4 Å². The first-order valence-corrected chi connectivity index (χ1v) is 5.46. The van der Waals surface area contributed by atoms with E-state index in [9.17, 15) is 9.90 Å². The third-order valence-corrected chi connectivity index (χ3v) is 3.23. The highest BCUT2D eigenvalue weighted by molar-refractivity contribution is 6.12. The number of hydrogen-bond donors (Lipinski definition) is 2. The van der Waals surface area contributed by atoms with Gasteiger partial charge in [0.1, 0.15) is 6.34 Å². The third-order valence-electron chi connectivity index (χ3n) is 3.23. The smallest absolute Gasteiger partial charge is 0.258 e. The van der Waals surface area contributed by atoms with Gasteiger partial charge in [0.05, 0.1) is 11.0 Å². The Kier molecular flexibility index (Phi) is 1.53. The fourth-order valence-electron chi connectivity index (χ4n) is 2.46. The summed E-state index contributed by atoms with van der Waals surface area (Å²) in [6, 6.07) is 7.15. The van der Waals surface area contributed by atoms with Gasteiger partial charge in [-0.05, 0) is 12.1 Å². The molecule has 0 unspecified atom stereocenters. The number of aromatic hydroxyl groups is 1. The molecule has 1 aromatic heterocycles. The summed E-state index contributed by atoms with van der Waals surface area (Å²) in [6.45, 7) is 0. The molecule has 3 aromatic rings. The normalized spacial score (nSPS) is 13.1. The molecule has 1 aliphatic heterocycles. The number of hydrogen-bond acceptors (Lipinski definition) is 4. The van der Waals surface area contributed by atoms with Crippen molar-refractivity contribution in [1.82, 2.24) is 4.98 Å². The molecule has 5 nitrogen and oxygen atoms in total. The first-order valence-electron chi connectivity index (χ1n) is 5.46. The minimum absolute atomic E-state index is 0.131. The zero-order valence-electron chi connectivity index (χ0n) is 9.14. The van der Waals surface area contributed by atoms with E-state index in [-0.39, 0.29) is 11.4 Å². The van der Waals surface area contributed by atoms with Crippen LogP contribution in [0.1, 0.15) is 0 Å². The highest BCUT2D eigenvalue weighted by atomic mass is 16.3. The molecule has 0 atom stereocenters. The number of benzene rings is 2. The van der Waals surface area contributed by atoms with E-state index in [2.05, 4.69) is 15.0 Å². The summed E-state index contributed by atoms with van der Waals surface area (Å²) in [7, 11) is 0. The molecule has 0 saturated heterocycles. The van der Waals surface area contributed by atoms with Gasteiger partial charge in [-0.15, -0.1) is 0 Å². The summed E-state index contributed by atoms with van der Waals surface area (Å²) in [6.07, 6.45) is 1.48. The second kappa shape index (κ2) is 2.95. The Labute approximate surface area is 100 Å². The van der Waals surface area contributed by atoms with Gasteiger partial charge in [-0.25, -0.2) is 9.98 Å². The maximum atomic E-state index is 11.8. The highest BCUT2D eigenvalue weighted by Gasteiger charge is 2.14. The second-order valence-electron chi connectivity index (χ2n) is 4.20. The summed E-state index contributed by atoms with van der Waals surface area (Å²) in [5, 5.41) is 13.3. The lowest BCUT2D eigenvalue weighted by molar-refractivity contribution is 0.459. The molecule has 2 aromatic carbocycles. The first kappa shape index (κ1) is 9.35. The third kappa shape index (κ3) is 0.982. The zero-order valence-corrected chi connectivity index (χ0v) is 9.14. The molecule has 0 spiro atoms. The molecule has 0 bridgehead atoms. The maximum Gasteiger partial charge on any atom is 0.258 e. The number of pyridine rings is 1. The number of fused-ring (bicyclic) bond motifs is 2. The van der Waals surface area contributed by atoms with E-state index >= 15 is 0 Å². The van der Waals surface area contributed by atoms with E-state index < -0.39 is 0 Å². The predicted octanol–water partition coefficient (Wildman–Crippen LogP) is 1.40. The lowest BCUT2D eigenvalue weighted by atomic mass is 10.0. The van der Waals surface area contributed by atoms with E-state index in [1.165, 1.54) is 6.34 Å². The number of nitrogens with one attached hydrogen (secondary N) is 1. The molecule has 2 N–H and O–H groups in total. The Morgan fingerprint density at radius 3 is 2.89 bits per heavy atom. The summed E-state index contributed by atoms with van der Waals surface area (Å²) in [4.78, 5) is 22.6. The largest absolute Gasteiger partial charge is 0.494 e. The van der Waals surface area contributed by atoms with Crippen molar-refractivity contribution in [2.45, 2.75) is 0 Å². The van der Waals surface area contributed by atoms with Crippen LogP contribution in [0.15, 0.2) is 39.0 Å². The summed E-state index contributed by atoms with van der Waals surface area (Å²) in [5.41, 5.74) is 0.404.